The minimum absolute atomic E-state index is 0.197. The van der Waals surface area contributed by atoms with Gasteiger partial charge in [-0.25, -0.2) is 0 Å². The number of pyridine rings is 1. The van der Waals surface area contributed by atoms with Gasteiger partial charge >= 0.3 is 5.97 Å². The molecule has 4 nitrogen and oxygen atoms in total. The standard InChI is InChI=1S/C13H14N2O2/c16-13(17)4-2-7-14-11-5-6-12-10(9-11)3-1-8-15-12/h1,3,5-6,8-9,14H,2,4,7H2,(H,16,17). The van der Waals surface area contributed by atoms with Crippen LogP contribution in [0.2, 0.25) is 0 Å². The Hall–Kier alpha value is -2.10. The predicted molar refractivity (Wildman–Crippen MR) is 67.1 cm³/mol. The van der Waals surface area contributed by atoms with Crippen LogP contribution in [0, 0.1) is 0 Å². The molecule has 0 saturated carbocycles. The lowest BCUT2D eigenvalue weighted by molar-refractivity contribution is -0.137. The van der Waals surface area contributed by atoms with Crippen LogP contribution in [0.25, 0.3) is 10.9 Å². The van der Waals surface area contributed by atoms with Crippen molar-refractivity contribution in [1.29, 1.82) is 0 Å². The third-order valence-corrected chi connectivity index (χ3v) is 2.50. The van der Waals surface area contributed by atoms with E-state index in [-0.39, 0.29) is 6.42 Å². The molecule has 4 heteroatoms. The number of carboxylic acid groups (broad SMARTS) is 1. The first-order chi connectivity index (χ1) is 8.25. The Labute approximate surface area is 99.3 Å². The van der Waals surface area contributed by atoms with Gasteiger partial charge in [-0.2, -0.15) is 0 Å². The zero-order valence-corrected chi connectivity index (χ0v) is 9.39. The second-order valence-electron chi connectivity index (χ2n) is 3.83. The highest BCUT2D eigenvalue weighted by atomic mass is 16.4. The van der Waals surface area contributed by atoms with E-state index in [1.165, 1.54) is 0 Å². The summed E-state index contributed by atoms with van der Waals surface area (Å²) in [6.07, 6.45) is 2.59. The molecule has 0 spiro atoms. The van der Waals surface area contributed by atoms with Crippen LogP contribution in [0.15, 0.2) is 36.5 Å². The highest BCUT2D eigenvalue weighted by Gasteiger charge is 1.98. The van der Waals surface area contributed by atoms with Crippen LogP contribution in [0.1, 0.15) is 12.8 Å². The van der Waals surface area contributed by atoms with Crippen LogP contribution in [0.5, 0.6) is 0 Å². The van der Waals surface area contributed by atoms with Crippen molar-refractivity contribution in [1.82, 2.24) is 4.98 Å². The largest absolute Gasteiger partial charge is 0.481 e. The Morgan fingerprint density at radius 2 is 2.24 bits per heavy atom. The quantitative estimate of drug-likeness (QED) is 0.775. The van der Waals surface area contributed by atoms with Crippen molar-refractivity contribution in [2.24, 2.45) is 0 Å². The van der Waals surface area contributed by atoms with Crippen LogP contribution >= 0.6 is 0 Å². The molecule has 0 atom stereocenters. The SMILES string of the molecule is O=C(O)CCCNc1ccc2ncccc2c1. The van der Waals surface area contributed by atoms with Gasteiger partial charge in [0.2, 0.25) is 0 Å². The van der Waals surface area contributed by atoms with E-state index in [4.69, 9.17) is 5.11 Å². The molecule has 2 N–H and O–H groups in total. The molecule has 0 bridgehead atoms. The molecule has 1 aromatic carbocycles. The van der Waals surface area contributed by atoms with Crippen molar-refractivity contribution >= 4 is 22.6 Å². The average molecular weight is 230 g/mol. The van der Waals surface area contributed by atoms with E-state index in [1.807, 2.05) is 30.3 Å². The number of carbonyl (C=O) groups is 1. The molecule has 1 aromatic heterocycles. The Kier molecular flexibility index (Phi) is 3.55. The van der Waals surface area contributed by atoms with Crippen molar-refractivity contribution in [2.75, 3.05) is 11.9 Å². The molecule has 0 amide bonds. The summed E-state index contributed by atoms with van der Waals surface area (Å²) in [6.45, 7) is 0.665. The van der Waals surface area contributed by atoms with Gasteiger partial charge < -0.3 is 10.4 Å². The molecule has 0 aliphatic rings. The molecule has 0 aliphatic heterocycles. The summed E-state index contributed by atoms with van der Waals surface area (Å²) in [4.78, 5) is 14.6. The number of hydrogen-bond acceptors (Lipinski definition) is 3. The normalized spacial score (nSPS) is 10.4. The number of carboxylic acids is 1. The number of aliphatic carboxylic acids is 1. The summed E-state index contributed by atoms with van der Waals surface area (Å²) in [7, 11) is 0. The number of anilines is 1. The summed E-state index contributed by atoms with van der Waals surface area (Å²) in [5, 5.41) is 12.8. The third-order valence-electron chi connectivity index (χ3n) is 2.50. The second-order valence-corrected chi connectivity index (χ2v) is 3.83. The summed E-state index contributed by atoms with van der Waals surface area (Å²) in [5.74, 6) is -0.755. The molecule has 0 aliphatic carbocycles. The van der Waals surface area contributed by atoms with E-state index in [0.717, 1.165) is 16.6 Å². The topological polar surface area (TPSA) is 62.2 Å². The fourth-order valence-electron chi connectivity index (χ4n) is 1.66. The molecule has 0 fully saturated rings. The second kappa shape index (κ2) is 5.30. The molecular weight excluding hydrogens is 216 g/mol. The molecule has 0 unspecified atom stereocenters. The number of rotatable bonds is 5. The summed E-state index contributed by atoms with van der Waals surface area (Å²) >= 11 is 0. The highest BCUT2D eigenvalue weighted by Crippen LogP contribution is 2.16. The molecule has 1 heterocycles. The number of nitrogens with zero attached hydrogens (tertiary/aromatic N) is 1. The maximum Gasteiger partial charge on any atom is 0.303 e. The van der Waals surface area contributed by atoms with Crippen molar-refractivity contribution in [3.63, 3.8) is 0 Å². The smallest absolute Gasteiger partial charge is 0.303 e. The van der Waals surface area contributed by atoms with E-state index in [2.05, 4.69) is 10.3 Å². The molecule has 2 aromatic rings. The maximum atomic E-state index is 10.3. The lowest BCUT2D eigenvalue weighted by Gasteiger charge is -2.06. The lowest BCUT2D eigenvalue weighted by atomic mass is 10.2. The zero-order chi connectivity index (χ0) is 12.1. The molecule has 0 radical (unpaired) electrons. The van der Waals surface area contributed by atoms with Crippen LogP contribution in [-0.4, -0.2) is 22.6 Å². The van der Waals surface area contributed by atoms with Crippen LogP contribution < -0.4 is 5.32 Å². The van der Waals surface area contributed by atoms with Crippen molar-refractivity contribution in [2.45, 2.75) is 12.8 Å². The minimum Gasteiger partial charge on any atom is -0.481 e. The van der Waals surface area contributed by atoms with Gasteiger partial charge in [-0.15, -0.1) is 0 Å². The van der Waals surface area contributed by atoms with Gasteiger partial charge in [-0.1, -0.05) is 6.07 Å². The van der Waals surface area contributed by atoms with Crippen LogP contribution in [-0.2, 0) is 4.79 Å². The van der Waals surface area contributed by atoms with Crippen LogP contribution in [0.3, 0.4) is 0 Å². The van der Waals surface area contributed by atoms with E-state index in [9.17, 15) is 4.79 Å². The van der Waals surface area contributed by atoms with E-state index >= 15 is 0 Å². The number of fused-ring (bicyclic) bond motifs is 1. The predicted octanol–water partition coefficient (Wildman–Crippen LogP) is 2.51. The molecule has 2 rings (SSSR count). The van der Waals surface area contributed by atoms with Gasteiger partial charge in [0.1, 0.15) is 0 Å². The first-order valence-electron chi connectivity index (χ1n) is 5.56. The fraction of sp³-hybridized carbons (Fsp3) is 0.231. The van der Waals surface area contributed by atoms with Gasteiger partial charge in [-0.3, -0.25) is 9.78 Å². The number of nitrogens with one attached hydrogen (secondary N) is 1. The third kappa shape index (κ3) is 3.17. The number of aromatic nitrogens is 1. The Balaban J connectivity index is 1.97. The highest BCUT2D eigenvalue weighted by molar-refractivity contribution is 5.82. The van der Waals surface area contributed by atoms with Gasteiger partial charge in [0, 0.05) is 30.2 Å². The lowest BCUT2D eigenvalue weighted by Crippen LogP contribution is -2.04. The van der Waals surface area contributed by atoms with E-state index < -0.39 is 5.97 Å². The Morgan fingerprint density at radius 1 is 1.35 bits per heavy atom. The number of hydrogen-bond donors (Lipinski definition) is 2. The van der Waals surface area contributed by atoms with Crippen molar-refractivity contribution in [3.8, 4) is 0 Å². The molecule has 88 valence electrons. The molecule has 0 saturated heterocycles. The van der Waals surface area contributed by atoms with Gasteiger partial charge in [0.25, 0.3) is 0 Å². The molecular formula is C13H14N2O2. The summed E-state index contributed by atoms with van der Waals surface area (Å²) < 4.78 is 0. The Morgan fingerprint density at radius 3 is 3.06 bits per heavy atom. The van der Waals surface area contributed by atoms with Gasteiger partial charge in [-0.05, 0) is 30.7 Å². The average Bonchev–Trinajstić information content (AvgIpc) is 2.34. The van der Waals surface area contributed by atoms with Gasteiger partial charge in [0.05, 0.1) is 5.52 Å². The van der Waals surface area contributed by atoms with Crippen molar-refractivity contribution in [3.05, 3.63) is 36.5 Å². The fourth-order valence-corrected chi connectivity index (χ4v) is 1.66. The Bertz CT molecular complexity index is 526. The van der Waals surface area contributed by atoms with Crippen molar-refractivity contribution < 1.29 is 9.90 Å². The first kappa shape index (κ1) is 11.4. The maximum absolute atomic E-state index is 10.3. The monoisotopic (exact) mass is 230 g/mol. The summed E-state index contributed by atoms with van der Waals surface area (Å²) in [6, 6.07) is 9.83. The minimum atomic E-state index is -0.755. The number of benzene rings is 1. The van der Waals surface area contributed by atoms with Crippen LogP contribution in [0.4, 0.5) is 5.69 Å². The van der Waals surface area contributed by atoms with E-state index in [0.29, 0.717) is 13.0 Å². The zero-order valence-electron chi connectivity index (χ0n) is 9.39. The summed E-state index contributed by atoms with van der Waals surface area (Å²) in [5.41, 5.74) is 1.96. The molecule has 17 heavy (non-hydrogen) atoms. The first-order valence-corrected chi connectivity index (χ1v) is 5.56. The van der Waals surface area contributed by atoms with Gasteiger partial charge in [0.15, 0.2) is 0 Å². The van der Waals surface area contributed by atoms with E-state index in [1.54, 1.807) is 6.20 Å².